The quantitative estimate of drug-likeness (QED) is 0.834. The monoisotopic (exact) mass is 342 g/mol. The minimum atomic E-state index is -0.105. The summed E-state index contributed by atoms with van der Waals surface area (Å²) in [6, 6.07) is 3.87. The summed E-state index contributed by atoms with van der Waals surface area (Å²) in [6.07, 6.45) is 5.56. The maximum atomic E-state index is 12.7. The van der Waals surface area contributed by atoms with E-state index < -0.39 is 0 Å². The van der Waals surface area contributed by atoms with Gasteiger partial charge in [-0.2, -0.15) is 5.10 Å². The zero-order chi connectivity index (χ0) is 17.8. The van der Waals surface area contributed by atoms with Crippen LogP contribution >= 0.6 is 0 Å². The van der Waals surface area contributed by atoms with Crippen molar-refractivity contribution < 1.29 is 4.79 Å². The van der Waals surface area contributed by atoms with Gasteiger partial charge in [0, 0.05) is 45.3 Å². The van der Waals surface area contributed by atoms with Gasteiger partial charge in [0.25, 0.3) is 0 Å². The Bertz CT molecular complexity index is 707. The summed E-state index contributed by atoms with van der Waals surface area (Å²) in [4.78, 5) is 19.4. The number of aryl methyl sites for hydroxylation is 1. The fraction of sp³-hybridized carbons (Fsp3) is 0.500. The van der Waals surface area contributed by atoms with Crippen molar-refractivity contribution in [3.05, 3.63) is 36.3 Å². The normalized spacial score (nSPS) is 19.8. The van der Waals surface area contributed by atoms with Crippen LogP contribution in [-0.4, -0.2) is 46.9 Å². The van der Waals surface area contributed by atoms with Gasteiger partial charge in [-0.15, -0.1) is 0 Å². The van der Waals surface area contributed by atoms with Gasteiger partial charge in [0.15, 0.2) is 0 Å². The van der Waals surface area contributed by atoms with E-state index in [2.05, 4.69) is 39.5 Å². The number of rotatable bonds is 6. The van der Waals surface area contributed by atoms with Crippen LogP contribution in [0.25, 0.3) is 0 Å². The van der Waals surface area contributed by atoms with Crippen molar-refractivity contribution in [3.8, 4) is 0 Å². The molecule has 2 aromatic heterocycles. The Kier molecular flexibility index (Phi) is 5.33. The number of nitrogens with zero attached hydrogens (tertiary/aromatic N) is 4. The van der Waals surface area contributed by atoms with E-state index in [1.54, 1.807) is 10.9 Å². The summed E-state index contributed by atoms with van der Waals surface area (Å²) in [5, 5.41) is 10.5. The van der Waals surface area contributed by atoms with E-state index in [-0.39, 0.29) is 17.7 Å². The summed E-state index contributed by atoms with van der Waals surface area (Å²) in [6.45, 7) is 7.50. The van der Waals surface area contributed by atoms with Crippen molar-refractivity contribution in [2.45, 2.75) is 19.8 Å². The first kappa shape index (κ1) is 17.4. The van der Waals surface area contributed by atoms with E-state index >= 15 is 0 Å². The molecule has 0 saturated carbocycles. The first-order chi connectivity index (χ1) is 12.1. The number of aromatic nitrogens is 3. The van der Waals surface area contributed by atoms with Crippen LogP contribution in [-0.2, 0) is 11.8 Å². The molecule has 0 aliphatic carbocycles. The highest BCUT2D eigenvalue weighted by molar-refractivity contribution is 5.93. The maximum Gasteiger partial charge on any atom is 0.229 e. The topological polar surface area (TPSA) is 75.1 Å². The lowest BCUT2D eigenvalue weighted by Gasteiger charge is -2.20. The molecule has 7 heteroatoms. The molecule has 0 unspecified atom stereocenters. The first-order valence-corrected chi connectivity index (χ1v) is 8.83. The number of pyridine rings is 1. The molecular formula is C18H26N6O. The SMILES string of the molecule is CCN(CC)c1ccc(NC(=O)[C@H]2CNC[C@@H]2c2cnn(C)c2)cn1. The van der Waals surface area contributed by atoms with E-state index in [9.17, 15) is 4.79 Å². The predicted molar refractivity (Wildman–Crippen MR) is 98.7 cm³/mol. The highest BCUT2D eigenvalue weighted by atomic mass is 16.2. The van der Waals surface area contributed by atoms with Crippen molar-refractivity contribution >= 4 is 17.4 Å². The first-order valence-electron chi connectivity index (χ1n) is 8.83. The van der Waals surface area contributed by atoms with Gasteiger partial charge < -0.3 is 15.5 Å². The molecule has 2 N–H and O–H groups in total. The van der Waals surface area contributed by atoms with Crippen molar-refractivity contribution in [3.63, 3.8) is 0 Å². The molecular weight excluding hydrogens is 316 g/mol. The van der Waals surface area contributed by atoms with Crippen LogP contribution in [0.3, 0.4) is 0 Å². The standard InChI is InChI=1S/C18H26N6O/c1-4-24(5-2)17-7-6-14(9-20-17)22-18(25)16-11-19-10-15(16)13-8-21-23(3)12-13/h6-9,12,15-16,19H,4-5,10-11H2,1-3H3,(H,22,25)/t15-,16+/m1/s1. The maximum absolute atomic E-state index is 12.7. The predicted octanol–water partition coefficient (Wildman–Crippen LogP) is 1.60. The second-order valence-electron chi connectivity index (χ2n) is 6.39. The van der Waals surface area contributed by atoms with Gasteiger partial charge in [0.1, 0.15) is 5.82 Å². The molecule has 134 valence electrons. The molecule has 2 atom stereocenters. The fourth-order valence-corrected chi connectivity index (χ4v) is 3.37. The second kappa shape index (κ2) is 7.65. The lowest BCUT2D eigenvalue weighted by atomic mass is 9.90. The van der Waals surface area contributed by atoms with Crippen LogP contribution in [0.15, 0.2) is 30.7 Å². The number of amides is 1. The van der Waals surface area contributed by atoms with Crippen LogP contribution in [0.5, 0.6) is 0 Å². The third-order valence-corrected chi connectivity index (χ3v) is 4.81. The highest BCUT2D eigenvalue weighted by Gasteiger charge is 2.34. The van der Waals surface area contributed by atoms with Gasteiger partial charge in [0.05, 0.1) is 24.0 Å². The van der Waals surface area contributed by atoms with Crippen molar-refractivity contribution in [2.75, 3.05) is 36.4 Å². The van der Waals surface area contributed by atoms with Crippen LogP contribution in [0.4, 0.5) is 11.5 Å². The molecule has 1 saturated heterocycles. The Morgan fingerprint density at radius 2 is 2.12 bits per heavy atom. The Morgan fingerprint density at radius 1 is 1.32 bits per heavy atom. The number of carbonyl (C=O) groups excluding carboxylic acids is 1. The van der Waals surface area contributed by atoms with E-state index in [4.69, 9.17) is 0 Å². The second-order valence-corrected chi connectivity index (χ2v) is 6.39. The van der Waals surface area contributed by atoms with E-state index in [0.29, 0.717) is 6.54 Å². The van der Waals surface area contributed by atoms with Crippen LogP contribution in [0.1, 0.15) is 25.3 Å². The molecule has 1 aliphatic rings. The smallest absolute Gasteiger partial charge is 0.229 e. The zero-order valence-electron chi connectivity index (χ0n) is 15.1. The average molecular weight is 342 g/mol. The van der Waals surface area contributed by atoms with Crippen LogP contribution in [0, 0.1) is 5.92 Å². The lowest BCUT2D eigenvalue weighted by molar-refractivity contribution is -0.119. The molecule has 0 aromatic carbocycles. The van der Waals surface area contributed by atoms with Gasteiger partial charge >= 0.3 is 0 Å². The Hall–Kier alpha value is -2.41. The third kappa shape index (κ3) is 3.82. The fourth-order valence-electron chi connectivity index (χ4n) is 3.37. The average Bonchev–Trinajstić information content (AvgIpc) is 3.26. The van der Waals surface area contributed by atoms with E-state index in [1.807, 2.05) is 31.6 Å². The van der Waals surface area contributed by atoms with E-state index in [0.717, 1.165) is 36.7 Å². The van der Waals surface area contributed by atoms with E-state index in [1.165, 1.54) is 0 Å². The highest BCUT2D eigenvalue weighted by Crippen LogP contribution is 2.29. The molecule has 2 aromatic rings. The molecule has 0 radical (unpaired) electrons. The molecule has 0 bridgehead atoms. The Labute approximate surface area is 148 Å². The Morgan fingerprint density at radius 3 is 2.72 bits per heavy atom. The third-order valence-electron chi connectivity index (χ3n) is 4.81. The molecule has 0 spiro atoms. The molecule has 3 rings (SSSR count). The molecule has 7 nitrogen and oxygen atoms in total. The number of anilines is 2. The largest absolute Gasteiger partial charge is 0.357 e. The summed E-state index contributed by atoms with van der Waals surface area (Å²) in [5.74, 6) is 0.998. The van der Waals surface area contributed by atoms with Crippen LogP contribution < -0.4 is 15.5 Å². The van der Waals surface area contributed by atoms with Gasteiger partial charge in [0.2, 0.25) is 5.91 Å². The minimum absolute atomic E-state index is 0.0243. The van der Waals surface area contributed by atoms with Gasteiger partial charge in [-0.1, -0.05) is 0 Å². The number of nitrogens with one attached hydrogen (secondary N) is 2. The Balaban J connectivity index is 1.67. The molecule has 1 aliphatic heterocycles. The summed E-state index contributed by atoms with van der Waals surface area (Å²) in [7, 11) is 1.89. The summed E-state index contributed by atoms with van der Waals surface area (Å²) >= 11 is 0. The van der Waals surface area contributed by atoms with Crippen molar-refractivity contribution in [1.82, 2.24) is 20.1 Å². The lowest BCUT2D eigenvalue weighted by Crippen LogP contribution is -2.28. The summed E-state index contributed by atoms with van der Waals surface area (Å²) < 4.78 is 1.78. The minimum Gasteiger partial charge on any atom is -0.357 e. The van der Waals surface area contributed by atoms with Gasteiger partial charge in [-0.3, -0.25) is 9.48 Å². The summed E-state index contributed by atoms with van der Waals surface area (Å²) in [5.41, 5.74) is 1.83. The molecule has 25 heavy (non-hydrogen) atoms. The number of hydrogen-bond donors (Lipinski definition) is 2. The van der Waals surface area contributed by atoms with Crippen molar-refractivity contribution in [1.29, 1.82) is 0 Å². The molecule has 1 amide bonds. The zero-order valence-corrected chi connectivity index (χ0v) is 15.1. The molecule has 3 heterocycles. The van der Waals surface area contributed by atoms with Crippen molar-refractivity contribution in [2.24, 2.45) is 13.0 Å². The molecule has 1 fully saturated rings. The van der Waals surface area contributed by atoms with Gasteiger partial charge in [-0.25, -0.2) is 4.98 Å². The number of hydrogen-bond acceptors (Lipinski definition) is 5. The number of carbonyl (C=O) groups is 1. The van der Waals surface area contributed by atoms with Crippen LogP contribution in [0.2, 0.25) is 0 Å². The van der Waals surface area contributed by atoms with Gasteiger partial charge in [-0.05, 0) is 31.5 Å².